The van der Waals surface area contributed by atoms with E-state index in [-0.39, 0.29) is 23.6 Å². The van der Waals surface area contributed by atoms with Crippen LogP contribution in [0.15, 0.2) is 84.9 Å². The zero-order chi connectivity index (χ0) is 26.5. The molecule has 2 saturated heterocycles. The number of nitrogens with zero attached hydrogens (tertiary/aromatic N) is 1. The molecule has 4 aliphatic rings. The molecule has 2 spiro atoms. The first-order valence-corrected chi connectivity index (χ1v) is 13.6. The number of hydrogen-bond donors (Lipinski definition) is 2. The average molecular weight is 514 g/mol. The van der Waals surface area contributed by atoms with Crippen LogP contribution in [-0.4, -0.2) is 35.1 Å². The first kappa shape index (κ1) is 22.7. The van der Waals surface area contributed by atoms with Gasteiger partial charge in [-0.05, 0) is 60.8 Å². The number of para-hydroxylation sites is 1. The third-order valence-electron chi connectivity index (χ3n) is 9.57. The summed E-state index contributed by atoms with van der Waals surface area (Å²) in [6.07, 6.45) is 1.61. The van der Waals surface area contributed by atoms with E-state index in [1.165, 1.54) is 0 Å². The molecule has 0 saturated carbocycles. The predicted molar refractivity (Wildman–Crippen MR) is 150 cm³/mol. The van der Waals surface area contributed by atoms with E-state index in [4.69, 9.17) is 0 Å². The van der Waals surface area contributed by atoms with Gasteiger partial charge in [0.1, 0.15) is 11.0 Å². The van der Waals surface area contributed by atoms with Crippen molar-refractivity contribution >= 4 is 39.7 Å². The van der Waals surface area contributed by atoms with E-state index in [1.54, 1.807) is 0 Å². The SMILES string of the molecule is Cc1ccc2c(c1)[C@]1(C(=O)N2)N2CCC[C@@H]2[C@H](C(=O)c2ccc3ccccc3c2)[C@]12C(=O)Nc1ccccc12. The monoisotopic (exact) mass is 513 g/mol. The smallest absolute Gasteiger partial charge is 0.251 e. The number of Topliss-reactive ketones (excluding diaryl/α,β-unsaturated/α-hetero) is 1. The van der Waals surface area contributed by atoms with E-state index in [0.29, 0.717) is 23.5 Å². The standard InChI is InChI=1S/C33H27N3O3/c1-19-12-15-26-24(17-19)33(31(39)35-26)32(23-9-4-5-10-25(23)34-30(32)38)28(27-11-6-16-36(27)33)29(37)22-14-13-20-7-2-3-8-21(20)18-22/h2-5,7-10,12-15,17-18,27-28H,6,11,16H2,1H3,(H,34,38)(H,35,39)/t27-,28-,32-,33-/m1/s1. The summed E-state index contributed by atoms with van der Waals surface area (Å²) < 4.78 is 0. The zero-order valence-electron chi connectivity index (χ0n) is 21.5. The van der Waals surface area contributed by atoms with Gasteiger partial charge < -0.3 is 10.6 Å². The number of hydrogen-bond acceptors (Lipinski definition) is 4. The summed E-state index contributed by atoms with van der Waals surface area (Å²) in [5.41, 5.74) is 1.74. The van der Waals surface area contributed by atoms with Gasteiger partial charge in [-0.15, -0.1) is 0 Å². The maximum absolute atomic E-state index is 14.8. The molecule has 39 heavy (non-hydrogen) atoms. The van der Waals surface area contributed by atoms with Crippen molar-refractivity contribution in [3.63, 3.8) is 0 Å². The molecule has 4 aromatic rings. The van der Waals surface area contributed by atoms with E-state index in [9.17, 15) is 14.4 Å². The number of nitrogens with one attached hydrogen (secondary N) is 2. The fourth-order valence-electron chi connectivity index (χ4n) is 8.21. The number of aryl methyl sites for hydroxylation is 1. The van der Waals surface area contributed by atoms with Gasteiger partial charge in [-0.2, -0.15) is 0 Å². The molecule has 4 aliphatic heterocycles. The van der Waals surface area contributed by atoms with Crippen molar-refractivity contribution in [2.45, 2.75) is 36.8 Å². The average Bonchev–Trinajstić information content (AvgIpc) is 3.67. The van der Waals surface area contributed by atoms with Crippen molar-refractivity contribution in [2.24, 2.45) is 5.92 Å². The molecule has 2 fully saturated rings. The fourth-order valence-corrected chi connectivity index (χ4v) is 8.21. The van der Waals surface area contributed by atoms with Crippen molar-refractivity contribution in [1.29, 1.82) is 0 Å². The number of carbonyl (C=O) groups is 3. The van der Waals surface area contributed by atoms with Crippen LogP contribution in [0.5, 0.6) is 0 Å². The van der Waals surface area contributed by atoms with Crippen molar-refractivity contribution in [1.82, 2.24) is 4.90 Å². The lowest BCUT2D eigenvalue weighted by atomic mass is 9.57. The quantitative estimate of drug-likeness (QED) is 0.363. The molecule has 4 atom stereocenters. The first-order chi connectivity index (χ1) is 19.0. The Labute approximate surface area is 226 Å². The van der Waals surface area contributed by atoms with Crippen molar-refractivity contribution in [3.8, 4) is 0 Å². The zero-order valence-corrected chi connectivity index (χ0v) is 21.5. The second kappa shape index (κ2) is 7.64. The number of amides is 2. The molecule has 0 aromatic heterocycles. The normalized spacial score (nSPS) is 28.5. The highest BCUT2D eigenvalue weighted by molar-refractivity contribution is 6.21. The van der Waals surface area contributed by atoms with Crippen LogP contribution in [0.3, 0.4) is 0 Å². The molecule has 2 N–H and O–H groups in total. The summed E-state index contributed by atoms with van der Waals surface area (Å²) in [5, 5.41) is 8.26. The Morgan fingerprint density at radius 1 is 0.821 bits per heavy atom. The minimum atomic E-state index is -1.42. The van der Waals surface area contributed by atoms with Gasteiger partial charge in [0.15, 0.2) is 5.78 Å². The summed E-state index contributed by atoms with van der Waals surface area (Å²) in [4.78, 5) is 46.1. The topological polar surface area (TPSA) is 78.5 Å². The minimum absolute atomic E-state index is 0.0877. The lowest BCUT2D eigenvalue weighted by Crippen LogP contribution is -2.62. The summed E-state index contributed by atoms with van der Waals surface area (Å²) >= 11 is 0. The summed E-state index contributed by atoms with van der Waals surface area (Å²) in [7, 11) is 0. The van der Waals surface area contributed by atoms with E-state index in [1.807, 2.05) is 91.9 Å². The van der Waals surface area contributed by atoms with Gasteiger partial charge in [-0.25, -0.2) is 0 Å². The number of ketones is 1. The summed E-state index contributed by atoms with van der Waals surface area (Å²) in [6, 6.07) is 27.0. The molecule has 0 bridgehead atoms. The van der Waals surface area contributed by atoms with E-state index in [0.717, 1.165) is 40.3 Å². The Morgan fingerprint density at radius 3 is 2.44 bits per heavy atom. The lowest BCUT2D eigenvalue weighted by Gasteiger charge is -2.43. The van der Waals surface area contributed by atoms with Crippen molar-refractivity contribution in [3.05, 3.63) is 107 Å². The Bertz CT molecular complexity index is 1760. The number of anilines is 2. The minimum Gasteiger partial charge on any atom is -0.325 e. The molecule has 0 unspecified atom stereocenters. The van der Waals surface area contributed by atoms with Gasteiger partial charge in [0.05, 0.1) is 5.92 Å². The van der Waals surface area contributed by atoms with Crippen LogP contribution >= 0.6 is 0 Å². The molecule has 0 radical (unpaired) electrons. The number of carbonyl (C=O) groups excluding carboxylic acids is 3. The highest BCUT2D eigenvalue weighted by atomic mass is 16.2. The maximum atomic E-state index is 14.8. The first-order valence-electron chi connectivity index (χ1n) is 13.6. The number of rotatable bonds is 2. The molecular formula is C33H27N3O3. The molecule has 192 valence electrons. The third kappa shape index (κ3) is 2.58. The van der Waals surface area contributed by atoms with E-state index in [2.05, 4.69) is 15.5 Å². The summed E-state index contributed by atoms with van der Waals surface area (Å²) in [5.74, 6) is -1.32. The lowest BCUT2D eigenvalue weighted by molar-refractivity contribution is -0.137. The molecule has 0 aliphatic carbocycles. The molecule has 2 amide bonds. The maximum Gasteiger partial charge on any atom is 0.251 e. The van der Waals surface area contributed by atoms with E-state index >= 15 is 0 Å². The van der Waals surface area contributed by atoms with Crippen molar-refractivity contribution in [2.75, 3.05) is 17.2 Å². The van der Waals surface area contributed by atoms with Crippen LogP contribution in [0.4, 0.5) is 11.4 Å². The number of fused-ring (bicyclic) bond motifs is 8. The molecule has 6 nitrogen and oxygen atoms in total. The predicted octanol–water partition coefficient (Wildman–Crippen LogP) is 5.16. The Hall–Kier alpha value is -4.29. The largest absolute Gasteiger partial charge is 0.325 e. The van der Waals surface area contributed by atoms with Crippen LogP contribution in [0.1, 0.15) is 39.9 Å². The second-order valence-electron chi connectivity index (χ2n) is 11.3. The molecule has 4 heterocycles. The second-order valence-corrected chi connectivity index (χ2v) is 11.3. The van der Waals surface area contributed by atoms with Gasteiger partial charge in [0.2, 0.25) is 5.91 Å². The fraction of sp³-hybridized carbons (Fsp3) is 0.242. The molecular weight excluding hydrogens is 486 g/mol. The van der Waals surface area contributed by atoms with Crippen LogP contribution in [0.2, 0.25) is 0 Å². The Kier molecular flexibility index (Phi) is 4.44. The Morgan fingerprint density at radius 2 is 1.56 bits per heavy atom. The summed E-state index contributed by atoms with van der Waals surface area (Å²) in [6.45, 7) is 2.64. The van der Waals surface area contributed by atoms with Gasteiger partial charge in [0, 0.05) is 28.5 Å². The molecule has 4 aromatic carbocycles. The van der Waals surface area contributed by atoms with Crippen LogP contribution < -0.4 is 10.6 Å². The molecule has 8 rings (SSSR count). The van der Waals surface area contributed by atoms with Gasteiger partial charge >= 0.3 is 0 Å². The number of benzene rings is 4. The third-order valence-corrected chi connectivity index (χ3v) is 9.57. The van der Waals surface area contributed by atoms with Crippen molar-refractivity contribution < 1.29 is 14.4 Å². The van der Waals surface area contributed by atoms with Crippen LogP contribution in [0, 0.1) is 12.8 Å². The highest BCUT2D eigenvalue weighted by Crippen LogP contribution is 2.67. The molecule has 6 heteroatoms. The van der Waals surface area contributed by atoms with Crippen LogP contribution in [-0.2, 0) is 20.5 Å². The Balaban J connectivity index is 1.45. The van der Waals surface area contributed by atoms with Crippen LogP contribution in [0.25, 0.3) is 10.8 Å². The van der Waals surface area contributed by atoms with Gasteiger partial charge in [0.25, 0.3) is 5.91 Å². The van der Waals surface area contributed by atoms with E-state index < -0.39 is 16.9 Å². The highest BCUT2D eigenvalue weighted by Gasteiger charge is 2.81. The van der Waals surface area contributed by atoms with Gasteiger partial charge in [-0.1, -0.05) is 72.3 Å². The van der Waals surface area contributed by atoms with Gasteiger partial charge in [-0.3, -0.25) is 19.3 Å².